The Morgan fingerprint density at radius 2 is 2.11 bits per heavy atom. The minimum atomic E-state index is -0.846. The van der Waals surface area contributed by atoms with Gasteiger partial charge in [-0.05, 0) is 50.8 Å². The van der Waals surface area contributed by atoms with Crippen molar-refractivity contribution in [3.05, 3.63) is 29.8 Å². The molecule has 0 aliphatic carbocycles. The predicted molar refractivity (Wildman–Crippen MR) is 73.0 cm³/mol. The lowest BCUT2D eigenvalue weighted by Crippen LogP contribution is -2.51. The van der Waals surface area contributed by atoms with Crippen LogP contribution in [0.2, 0.25) is 0 Å². The van der Waals surface area contributed by atoms with Crippen LogP contribution >= 0.6 is 11.8 Å². The van der Waals surface area contributed by atoms with Gasteiger partial charge in [-0.3, -0.25) is 4.79 Å². The Balaban J connectivity index is 2.42. The maximum absolute atomic E-state index is 13.0. The normalized spacial score (nSPS) is 14.1. The first-order valence-corrected chi connectivity index (χ1v) is 6.94. The minimum absolute atomic E-state index is 0.396. The van der Waals surface area contributed by atoms with E-state index < -0.39 is 23.1 Å². The first-order chi connectivity index (χ1) is 8.89. The fourth-order valence-corrected chi connectivity index (χ4v) is 2.43. The summed E-state index contributed by atoms with van der Waals surface area (Å²) in [6.07, 6.45) is 1.33. The van der Waals surface area contributed by atoms with Gasteiger partial charge in [-0.2, -0.15) is 0 Å². The highest BCUT2D eigenvalue weighted by Gasteiger charge is 2.27. The summed E-state index contributed by atoms with van der Waals surface area (Å²) in [5.74, 6) is -1.38. The predicted octanol–water partition coefficient (Wildman–Crippen LogP) is 2.30. The topological polar surface area (TPSA) is 55.1 Å². The summed E-state index contributed by atoms with van der Waals surface area (Å²) < 4.78 is 25.7. The highest BCUT2D eigenvalue weighted by molar-refractivity contribution is 7.99. The molecule has 0 spiro atoms. The molecule has 1 unspecified atom stereocenters. The molecule has 0 radical (unpaired) electrons. The standard InChI is InChI=1S/C13H18F2N2OS/c1-13(17-2,12(16)18)6-3-7-19-9-4-5-10(14)11(15)8-9/h4-5,8,17H,3,6-7H2,1-2H3,(H2,16,18). The van der Waals surface area contributed by atoms with Crippen LogP contribution in [0, 0.1) is 11.6 Å². The third-order valence-electron chi connectivity index (χ3n) is 3.08. The van der Waals surface area contributed by atoms with Crippen LogP contribution in [0.25, 0.3) is 0 Å². The molecule has 0 aromatic heterocycles. The van der Waals surface area contributed by atoms with Gasteiger partial charge in [0, 0.05) is 4.90 Å². The second kappa shape index (κ2) is 6.86. The summed E-state index contributed by atoms with van der Waals surface area (Å²) in [4.78, 5) is 11.9. The number of carbonyl (C=O) groups excluding carboxylic acids is 1. The third-order valence-corrected chi connectivity index (χ3v) is 4.16. The molecule has 106 valence electrons. The fourth-order valence-electron chi connectivity index (χ4n) is 1.55. The molecule has 1 rings (SSSR count). The molecule has 1 aromatic carbocycles. The van der Waals surface area contributed by atoms with Crippen molar-refractivity contribution in [2.45, 2.75) is 30.2 Å². The van der Waals surface area contributed by atoms with E-state index in [4.69, 9.17) is 5.73 Å². The van der Waals surface area contributed by atoms with E-state index in [9.17, 15) is 13.6 Å². The maximum Gasteiger partial charge on any atom is 0.237 e. The Morgan fingerprint density at radius 1 is 1.42 bits per heavy atom. The Bertz CT molecular complexity index is 456. The Hall–Kier alpha value is -1.14. The second-order valence-electron chi connectivity index (χ2n) is 4.47. The van der Waals surface area contributed by atoms with E-state index >= 15 is 0 Å². The van der Waals surface area contributed by atoms with Gasteiger partial charge in [0.1, 0.15) is 0 Å². The van der Waals surface area contributed by atoms with Crippen molar-refractivity contribution in [2.75, 3.05) is 12.8 Å². The highest BCUT2D eigenvalue weighted by atomic mass is 32.2. The molecule has 0 heterocycles. The van der Waals surface area contributed by atoms with Crippen LogP contribution in [-0.2, 0) is 4.79 Å². The van der Waals surface area contributed by atoms with E-state index in [-0.39, 0.29) is 0 Å². The number of rotatable bonds is 7. The van der Waals surface area contributed by atoms with E-state index in [1.165, 1.54) is 23.9 Å². The Labute approximate surface area is 115 Å². The van der Waals surface area contributed by atoms with E-state index in [1.54, 1.807) is 14.0 Å². The number of amides is 1. The molecule has 0 saturated carbocycles. The van der Waals surface area contributed by atoms with Crippen molar-refractivity contribution in [2.24, 2.45) is 5.73 Å². The number of likely N-dealkylation sites (N-methyl/N-ethyl adjacent to an activating group) is 1. The van der Waals surface area contributed by atoms with Gasteiger partial charge in [-0.15, -0.1) is 11.8 Å². The van der Waals surface area contributed by atoms with Crippen LogP contribution in [0.15, 0.2) is 23.1 Å². The largest absolute Gasteiger partial charge is 0.368 e. The molecule has 1 atom stereocenters. The van der Waals surface area contributed by atoms with Crippen LogP contribution < -0.4 is 11.1 Å². The van der Waals surface area contributed by atoms with Gasteiger partial charge in [-0.1, -0.05) is 0 Å². The van der Waals surface area contributed by atoms with E-state index in [0.717, 1.165) is 12.5 Å². The average Bonchev–Trinajstić information content (AvgIpc) is 2.38. The number of nitrogens with two attached hydrogens (primary N) is 1. The van der Waals surface area contributed by atoms with Crippen molar-refractivity contribution in [1.29, 1.82) is 0 Å². The smallest absolute Gasteiger partial charge is 0.237 e. The van der Waals surface area contributed by atoms with E-state index in [1.807, 2.05) is 0 Å². The van der Waals surface area contributed by atoms with Crippen LogP contribution in [0.1, 0.15) is 19.8 Å². The van der Waals surface area contributed by atoms with Crippen molar-refractivity contribution in [3.8, 4) is 0 Å². The molecule has 0 aliphatic heterocycles. The molecule has 3 N–H and O–H groups in total. The Morgan fingerprint density at radius 3 is 2.63 bits per heavy atom. The molecule has 0 fully saturated rings. The molecular weight excluding hydrogens is 270 g/mol. The van der Waals surface area contributed by atoms with Gasteiger partial charge in [0.05, 0.1) is 5.54 Å². The molecule has 19 heavy (non-hydrogen) atoms. The summed E-state index contributed by atoms with van der Waals surface area (Å²) in [7, 11) is 1.69. The first kappa shape index (κ1) is 15.9. The zero-order valence-corrected chi connectivity index (χ0v) is 11.8. The summed E-state index contributed by atoms with van der Waals surface area (Å²) in [6.45, 7) is 1.75. The quantitative estimate of drug-likeness (QED) is 0.598. The SMILES string of the molecule is CNC(C)(CCCSc1ccc(F)c(F)c1)C(N)=O. The van der Waals surface area contributed by atoms with Crippen molar-refractivity contribution in [3.63, 3.8) is 0 Å². The molecule has 1 aromatic rings. The van der Waals surface area contributed by atoms with Gasteiger partial charge >= 0.3 is 0 Å². The van der Waals surface area contributed by atoms with Crippen molar-refractivity contribution in [1.82, 2.24) is 5.32 Å². The molecular formula is C13H18F2N2OS. The number of benzene rings is 1. The Kier molecular flexibility index (Phi) is 5.75. The monoisotopic (exact) mass is 288 g/mol. The molecule has 6 heteroatoms. The van der Waals surface area contributed by atoms with E-state index in [2.05, 4.69) is 5.32 Å². The summed E-state index contributed by atoms with van der Waals surface area (Å²) in [5.41, 5.74) is 4.58. The highest BCUT2D eigenvalue weighted by Crippen LogP contribution is 2.23. The minimum Gasteiger partial charge on any atom is -0.368 e. The third kappa shape index (κ3) is 4.47. The number of thioether (sulfide) groups is 1. The maximum atomic E-state index is 13.0. The van der Waals surface area contributed by atoms with Crippen molar-refractivity contribution < 1.29 is 13.6 Å². The summed E-state index contributed by atoms with van der Waals surface area (Å²) >= 11 is 1.42. The van der Waals surface area contributed by atoms with Gasteiger partial charge in [0.25, 0.3) is 0 Å². The van der Waals surface area contributed by atoms with Gasteiger partial charge < -0.3 is 11.1 Å². The molecule has 3 nitrogen and oxygen atoms in total. The average molecular weight is 288 g/mol. The lowest BCUT2D eigenvalue weighted by Gasteiger charge is -2.25. The van der Waals surface area contributed by atoms with Crippen LogP contribution in [-0.4, -0.2) is 24.2 Å². The fraction of sp³-hybridized carbons (Fsp3) is 0.462. The van der Waals surface area contributed by atoms with E-state index in [0.29, 0.717) is 17.1 Å². The summed E-state index contributed by atoms with van der Waals surface area (Å²) in [5, 5.41) is 2.90. The number of carbonyl (C=O) groups is 1. The molecule has 0 aliphatic rings. The number of halogens is 2. The molecule has 0 bridgehead atoms. The van der Waals surface area contributed by atoms with Crippen molar-refractivity contribution >= 4 is 17.7 Å². The number of nitrogens with one attached hydrogen (secondary N) is 1. The van der Waals surface area contributed by atoms with Crippen LogP contribution in [0.5, 0.6) is 0 Å². The molecule has 0 saturated heterocycles. The van der Waals surface area contributed by atoms with Crippen LogP contribution in [0.3, 0.4) is 0 Å². The summed E-state index contributed by atoms with van der Waals surface area (Å²) in [6, 6.07) is 3.82. The number of primary amides is 1. The second-order valence-corrected chi connectivity index (χ2v) is 5.64. The number of hydrogen-bond acceptors (Lipinski definition) is 3. The van der Waals surface area contributed by atoms with Gasteiger partial charge in [-0.25, -0.2) is 8.78 Å². The van der Waals surface area contributed by atoms with Gasteiger partial charge in [0.2, 0.25) is 5.91 Å². The first-order valence-electron chi connectivity index (χ1n) is 5.96. The zero-order valence-electron chi connectivity index (χ0n) is 11.0. The lowest BCUT2D eigenvalue weighted by molar-refractivity contribution is -0.123. The lowest BCUT2D eigenvalue weighted by atomic mass is 9.96. The van der Waals surface area contributed by atoms with Gasteiger partial charge in [0.15, 0.2) is 11.6 Å². The number of hydrogen-bond donors (Lipinski definition) is 2. The van der Waals surface area contributed by atoms with Crippen LogP contribution in [0.4, 0.5) is 8.78 Å². The molecule has 1 amide bonds. The zero-order chi connectivity index (χ0) is 14.5.